The predicted octanol–water partition coefficient (Wildman–Crippen LogP) is 2.29. The van der Waals surface area contributed by atoms with Crippen molar-refractivity contribution in [1.29, 1.82) is 0 Å². The molecule has 0 bridgehead atoms. The number of aryl methyl sites for hydroxylation is 1. The number of hydrogen-bond acceptors (Lipinski definition) is 3. The van der Waals surface area contributed by atoms with Crippen molar-refractivity contribution in [2.24, 2.45) is 0 Å². The first-order valence-electron chi connectivity index (χ1n) is 7.24. The Balaban J connectivity index is 1.95. The normalized spacial score (nSPS) is 14.7. The van der Waals surface area contributed by atoms with E-state index in [2.05, 4.69) is 0 Å². The third-order valence-corrected chi connectivity index (χ3v) is 3.93. The van der Waals surface area contributed by atoms with Gasteiger partial charge in [-0.25, -0.2) is 4.79 Å². The Morgan fingerprint density at radius 3 is 2.17 bits per heavy atom. The fourth-order valence-corrected chi connectivity index (χ4v) is 2.84. The lowest BCUT2D eigenvalue weighted by atomic mass is 10.0. The lowest BCUT2D eigenvalue weighted by Gasteiger charge is -2.22. The largest absolute Gasteiger partial charge is 0.480 e. The van der Waals surface area contributed by atoms with Gasteiger partial charge < -0.3 is 5.11 Å². The average molecular weight is 309 g/mol. The molecular weight excluding hydrogens is 294 g/mol. The summed E-state index contributed by atoms with van der Waals surface area (Å²) in [7, 11) is 0. The topological polar surface area (TPSA) is 74.7 Å². The highest BCUT2D eigenvalue weighted by Gasteiger charge is 2.42. The molecule has 0 aliphatic carbocycles. The molecule has 0 saturated carbocycles. The standard InChI is InChI=1S/C18H15NO4/c1-11-5-4-6-12(9-11)10-15(18(22)23)19-16(20)13-7-2-3-8-14(13)17(19)21/h2-9,15H,10H2,1H3,(H,22,23). The summed E-state index contributed by atoms with van der Waals surface area (Å²) >= 11 is 0. The number of rotatable bonds is 4. The van der Waals surface area contributed by atoms with Crippen LogP contribution in [-0.4, -0.2) is 33.8 Å². The van der Waals surface area contributed by atoms with E-state index in [1.54, 1.807) is 30.3 Å². The van der Waals surface area contributed by atoms with Crippen molar-refractivity contribution in [3.8, 4) is 0 Å². The van der Waals surface area contributed by atoms with Crippen molar-refractivity contribution in [3.05, 3.63) is 70.8 Å². The van der Waals surface area contributed by atoms with Gasteiger partial charge in [-0.1, -0.05) is 42.0 Å². The van der Waals surface area contributed by atoms with Crippen LogP contribution in [0, 0.1) is 6.92 Å². The molecule has 1 atom stereocenters. The number of hydrogen-bond donors (Lipinski definition) is 1. The van der Waals surface area contributed by atoms with Crippen LogP contribution in [0.4, 0.5) is 0 Å². The fraction of sp³-hybridized carbons (Fsp3) is 0.167. The molecule has 1 unspecified atom stereocenters. The third-order valence-electron chi connectivity index (χ3n) is 3.93. The van der Waals surface area contributed by atoms with Gasteiger partial charge in [0.15, 0.2) is 0 Å². The molecule has 23 heavy (non-hydrogen) atoms. The highest BCUT2D eigenvalue weighted by molar-refractivity contribution is 6.22. The van der Waals surface area contributed by atoms with Gasteiger partial charge in [0.25, 0.3) is 11.8 Å². The van der Waals surface area contributed by atoms with Crippen molar-refractivity contribution >= 4 is 17.8 Å². The van der Waals surface area contributed by atoms with Crippen LogP contribution >= 0.6 is 0 Å². The molecule has 1 heterocycles. The molecule has 1 aliphatic heterocycles. The summed E-state index contributed by atoms with van der Waals surface area (Å²) in [4.78, 5) is 37.4. The van der Waals surface area contributed by atoms with E-state index in [4.69, 9.17) is 0 Å². The number of nitrogens with zero attached hydrogens (tertiary/aromatic N) is 1. The van der Waals surface area contributed by atoms with E-state index in [9.17, 15) is 19.5 Å². The third kappa shape index (κ3) is 2.61. The lowest BCUT2D eigenvalue weighted by molar-refractivity contribution is -0.141. The van der Waals surface area contributed by atoms with Gasteiger partial charge in [0.2, 0.25) is 0 Å². The van der Waals surface area contributed by atoms with E-state index < -0.39 is 23.8 Å². The van der Waals surface area contributed by atoms with E-state index >= 15 is 0 Å². The second-order valence-electron chi connectivity index (χ2n) is 5.57. The molecule has 2 amide bonds. The fourth-order valence-electron chi connectivity index (χ4n) is 2.84. The Morgan fingerprint density at radius 1 is 1.04 bits per heavy atom. The highest BCUT2D eigenvalue weighted by Crippen LogP contribution is 2.26. The summed E-state index contributed by atoms with van der Waals surface area (Å²) in [5, 5.41) is 9.53. The van der Waals surface area contributed by atoms with E-state index in [1.807, 2.05) is 25.1 Å². The number of carboxylic acids is 1. The number of amides is 2. The minimum atomic E-state index is -1.22. The molecule has 0 aromatic heterocycles. The molecule has 116 valence electrons. The number of imide groups is 1. The van der Waals surface area contributed by atoms with Gasteiger partial charge in [-0.2, -0.15) is 0 Å². The van der Waals surface area contributed by atoms with Gasteiger partial charge in [0.05, 0.1) is 11.1 Å². The second kappa shape index (κ2) is 5.68. The molecule has 3 rings (SSSR count). The van der Waals surface area contributed by atoms with Crippen LogP contribution in [-0.2, 0) is 11.2 Å². The van der Waals surface area contributed by atoms with E-state index in [0.29, 0.717) is 0 Å². The molecule has 2 aromatic carbocycles. The van der Waals surface area contributed by atoms with Crippen molar-refractivity contribution in [3.63, 3.8) is 0 Å². The monoisotopic (exact) mass is 309 g/mol. The summed E-state index contributed by atoms with van der Waals surface area (Å²) in [6.45, 7) is 1.90. The van der Waals surface area contributed by atoms with E-state index in [-0.39, 0.29) is 17.5 Å². The maximum atomic E-state index is 12.5. The van der Waals surface area contributed by atoms with E-state index in [1.165, 1.54) is 0 Å². The molecule has 2 aromatic rings. The van der Waals surface area contributed by atoms with Crippen LogP contribution in [0.5, 0.6) is 0 Å². The number of fused-ring (bicyclic) bond motifs is 1. The maximum absolute atomic E-state index is 12.5. The molecular formula is C18H15NO4. The van der Waals surface area contributed by atoms with Crippen molar-refractivity contribution in [2.45, 2.75) is 19.4 Å². The van der Waals surface area contributed by atoms with Gasteiger partial charge in [-0.15, -0.1) is 0 Å². The molecule has 5 nitrogen and oxygen atoms in total. The van der Waals surface area contributed by atoms with Crippen LogP contribution in [0.3, 0.4) is 0 Å². The Hall–Kier alpha value is -2.95. The van der Waals surface area contributed by atoms with Crippen LogP contribution in [0.25, 0.3) is 0 Å². The number of carbonyl (C=O) groups excluding carboxylic acids is 2. The Morgan fingerprint density at radius 2 is 1.65 bits per heavy atom. The summed E-state index contributed by atoms with van der Waals surface area (Å²) < 4.78 is 0. The molecule has 5 heteroatoms. The van der Waals surface area contributed by atoms with Crippen molar-refractivity contribution in [1.82, 2.24) is 4.90 Å². The quantitative estimate of drug-likeness (QED) is 0.879. The van der Waals surface area contributed by atoms with Crippen molar-refractivity contribution in [2.75, 3.05) is 0 Å². The molecule has 1 N–H and O–H groups in total. The first-order valence-corrected chi connectivity index (χ1v) is 7.24. The molecule has 0 radical (unpaired) electrons. The van der Waals surface area contributed by atoms with Crippen LogP contribution < -0.4 is 0 Å². The first kappa shape index (κ1) is 15.0. The zero-order chi connectivity index (χ0) is 16.6. The Kier molecular flexibility index (Phi) is 3.70. The average Bonchev–Trinajstić information content (AvgIpc) is 2.77. The van der Waals surface area contributed by atoms with Gasteiger partial charge >= 0.3 is 5.97 Å². The number of benzene rings is 2. The predicted molar refractivity (Wildman–Crippen MR) is 83.2 cm³/mol. The minimum Gasteiger partial charge on any atom is -0.480 e. The van der Waals surface area contributed by atoms with Crippen LogP contribution in [0.15, 0.2) is 48.5 Å². The Bertz CT molecular complexity index is 777. The maximum Gasteiger partial charge on any atom is 0.327 e. The number of carbonyl (C=O) groups is 3. The number of aliphatic carboxylic acids is 1. The van der Waals surface area contributed by atoms with Gasteiger partial charge in [0.1, 0.15) is 6.04 Å². The SMILES string of the molecule is Cc1cccc(CC(C(=O)O)N2C(=O)c3ccccc3C2=O)c1. The highest BCUT2D eigenvalue weighted by atomic mass is 16.4. The minimum absolute atomic E-state index is 0.0858. The molecule has 0 fully saturated rings. The smallest absolute Gasteiger partial charge is 0.327 e. The summed E-state index contributed by atoms with van der Waals surface area (Å²) in [5.74, 6) is -2.29. The zero-order valence-electron chi connectivity index (χ0n) is 12.5. The van der Waals surface area contributed by atoms with Crippen LogP contribution in [0.1, 0.15) is 31.8 Å². The molecule has 1 aliphatic rings. The molecule has 0 spiro atoms. The Labute approximate surface area is 133 Å². The second-order valence-corrected chi connectivity index (χ2v) is 5.57. The summed E-state index contributed by atoms with van der Waals surface area (Å²) in [6, 6.07) is 12.6. The summed E-state index contributed by atoms with van der Waals surface area (Å²) in [5.41, 5.74) is 2.28. The van der Waals surface area contributed by atoms with Gasteiger partial charge in [0, 0.05) is 6.42 Å². The first-order chi connectivity index (χ1) is 11.0. The van der Waals surface area contributed by atoms with E-state index in [0.717, 1.165) is 16.0 Å². The zero-order valence-corrected chi connectivity index (χ0v) is 12.5. The summed E-state index contributed by atoms with van der Waals surface area (Å²) in [6.07, 6.45) is 0.0858. The van der Waals surface area contributed by atoms with Crippen LogP contribution in [0.2, 0.25) is 0 Å². The van der Waals surface area contributed by atoms with Crippen molar-refractivity contribution < 1.29 is 19.5 Å². The number of carboxylic acid groups (broad SMARTS) is 1. The van der Waals surface area contributed by atoms with Gasteiger partial charge in [-0.3, -0.25) is 14.5 Å². The lowest BCUT2D eigenvalue weighted by Crippen LogP contribution is -2.46. The van der Waals surface area contributed by atoms with Gasteiger partial charge in [-0.05, 0) is 24.6 Å². The molecule has 0 saturated heterocycles.